The standard InChI is InChI=1S/C31H23N/c1-19(2)20-10-12-21(13-11-20)24-14-15-29-27(17-24)25-8-5-9-26-28-16-22-6-3-4-7-23(22)18-30(28)32(29)31(25)26/h3-19H,1-2H3. The van der Waals surface area contributed by atoms with E-state index in [1.165, 1.54) is 65.6 Å². The fourth-order valence-electron chi connectivity index (χ4n) is 5.41. The van der Waals surface area contributed by atoms with Crippen molar-refractivity contribution in [2.75, 3.05) is 0 Å². The zero-order chi connectivity index (χ0) is 21.4. The predicted octanol–water partition coefficient (Wildman–Crippen LogP) is 8.78. The van der Waals surface area contributed by atoms with E-state index in [4.69, 9.17) is 0 Å². The summed E-state index contributed by atoms with van der Waals surface area (Å²) in [4.78, 5) is 0. The van der Waals surface area contributed by atoms with Crippen LogP contribution in [0.3, 0.4) is 0 Å². The van der Waals surface area contributed by atoms with E-state index in [9.17, 15) is 0 Å². The van der Waals surface area contributed by atoms with Gasteiger partial charge in [-0.2, -0.15) is 0 Å². The van der Waals surface area contributed by atoms with Gasteiger partial charge in [0.15, 0.2) is 0 Å². The Morgan fingerprint density at radius 1 is 0.531 bits per heavy atom. The Hall–Kier alpha value is -3.84. The van der Waals surface area contributed by atoms with Crippen molar-refractivity contribution in [3.05, 3.63) is 103 Å². The molecule has 0 atom stereocenters. The molecule has 0 N–H and O–H groups in total. The molecule has 0 bridgehead atoms. The average Bonchev–Trinajstić information content (AvgIpc) is 3.34. The Morgan fingerprint density at radius 2 is 1.19 bits per heavy atom. The number of nitrogens with zero attached hydrogens (tertiary/aromatic N) is 1. The van der Waals surface area contributed by atoms with Gasteiger partial charge < -0.3 is 4.40 Å². The van der Waals surface area contributed by atoms with Crippen molar-refractivity contribution in [2.45, 2.75) is 19.8 Å². The van der Waals surface area contributed by atoms with Gasteiger partial charge in [0.05, 0.1) is 16.6 Å². The number of fused-ring (bicyclic) bond motifs is 7. The van der Waals surface area contributed by atoms with E-state index in [1.54, 1.807) is 0 Å². The van der Waals surface area contributed by atoms with E-state index in [2.05, 4.69) is 115 Å². The zero-order valence-electron chi connectivity index (χ0n) is 18.3. The third kappa shape index (κ3) is 2.34. The number of para-hydroxylation sites is 1. The molecule has 32 heavy (non-hydrogen) atoms. The van der Waals surface area contributed by atoms with Crippen molar-refractivity contribution in [1.82, 2.24) is 4.40 Å². The molecule has 0 spiro atoms. The van der Waals surface area contributed by atoms with Gasteiger partial charge in [0.2, 0.25) is 0 Å². The minimum atomic E-state index is 0.553. The van der Waals surface area contributed by atoms with E-state index < -0.39 is 0 Å². The molecule has 7 aromatic rings. The van der Waals surface area contributed by atoms with Gasteiger partial charge in [-0.25, -0.2) is 0 Å². The molecule has 1 heteroatoms. The van der Waals surface area contributed by atoms with Crippen molar-refractivity contribution in [1.29, 1.82) is 0 Å². The first kappa shape index (κ1) is 17.8. The maximum absolute atomic E-state index is 2.47. The van der Waals surface area contributed by atoms with Crippen LogP contribution in [0.25, 0.3) is 60.0 Å². The number of aromatic nitrogens is 1. The molecule has 1 nitrogen and oxygen atoms in total. The molecule has 0 aliphatic rings. The van der Waals surface area contributed by atoms with E-state index >= 15 is 0 Å². The highest BCUT2D eigenvalue weighted by atomic mass is 14.9. The molecule has 0 unspecified atom stereocenters. The van der Waals surface area contributed by atoms with Gasteiger partial charge in [0, 0.05) is 21.5 Å². The van der Waals surface area contributed by atoms with Crippen LogP contribution < -0.4 is 0 Å². The molecule has 0 aliphatic carbocycles. The van der Waals surface area contributed by atoms with Gasteiger partial charge in [0.1, 0.15) is 0 Å². The maximum atomic E-state index is 2.47. The summed E-state index contributed by atoms with van der Waals surface area (Å²) in [6.45, 7) is 4.49. The van der Waals surface area contributed by atoms with Crippen LogP contribution in [0.15, 0.2) is 97.1 Å². The molecule has 0 saturated heterocycles. The second-order valence-corrected chi connectivity index (χ2v) is 9.26. The number of hydrogen-bond acceptors (Lipinski definition) is 0. The van der Waals surface area contributed by atoms with Crippen LogP contribution in [0.4, 0.5) is 0 Å². The van der Waals surface area contributed by atoms with E-state index in [0.29, 0.717) is 5.92 Å². The second kappa shape index (κ2) is 6.34. The summed E-state index contributed by atoms with van der Waals surface area (Å²) in [5, 5.41) is 7.91. The molecule has 0 aliphatic heterocycles. The summed E-state index contributed by atoms with van der Waals surface area (Å²) < 4.78 is 2.47. The lowest BCUT2D eigenvalue weighted by molar-refractivity contribution is 0.867. The molecule has 0 radical (unpaired) electrons. The van der Waals surface area contributed by atoms with Crippen LogP contribution >= 0.6 is 0 Å². The molecule has 5 aromatic carbocycles. The molecule has 2 aromatic heterocycles. The first-order valence-electron chi connectivity index (χ1n) is 11.4. The molecule has 0 amide bonds. The molecule has 2 heterocycles. The Balaban J connectivity index is 1.55. The summed E-state index contributed by atoms with van der Waals surface area (Å²) in [6, 6.07) is 36.1. The topological polar surface area (TPSA) is 4.41 Å². The Kier molecular flexibility index (Phi) is 3.52. The van der Waals surface area contributed by atoms with Crippen LogP contribution in [-0.2, 0) is 0 Å². The van der Waals surface area contributed by atoms with Crippen LogP contribution in [0.2, 0.25) is 0 Å². The molecular weight excluding hydrogens is 386 g/mol. The minimum absolute atomic E-state index is 0.553. The van der Waals surface area contributed by atoms with Crippen LogP contribution in [0.5, 0.6) is 0 Å². The lowest BCUT2D eigenvalue weighted by Crippen LogP contribution is -1.87. The lowest BCUT2D eigenvalue weighted by Gasteiger charge is -2.08. The summed E-state index contributed by atoms with van der Waals surface area (Å²) in [5.41, 5.74) is 7.84. The predicted molar refractivity (Wildman–Crippen MR) is 138 cm³/mol. The van der Waals surface area contributed by atoms with Crippen LogP contribution in [-0.4, -0.2) is 4.40 Å². The van der Waals surface area contributed by atoms with Crippen molar-refractivity contribution >= 4 is 48.9 Å². The third-order valence-corrected chi connectivity index (χ3v) is 7.09. The van der Waals surface area contributed by atoms with Crippen molar-refractivity contribution in [3.63, 3.8) is 0 Å². The van der Waals surface area contributed by atoms with E-state index in [0.717, 1.165) is 0 Å². The second-order valence-electron chi connectivity index (χ2n) is 9.26. The van der Waals surface area contributed by atoms with Gasteiger partial charge in [-0.15, -0.1) is 0 Å². The SMILES string of the molecule is CC(C)c1ccc(-c2ccc3c(c2)c2cccc4c5cc6ccccc6cc5n3c24)cc1. The van der Waals surface area contributed by atoms with Gasteiger partial charge >= 0.3 is 0 Å². The summed E-state index contributed by atoms with van der Waals surface area (Å²) in [6.07, 6.45) is 0. The number of rotatable bonds is 2. The largest absolute Gasteiger partial charge is 0.308 e. The maximum Gasteiger partial charge on any atom is 0.0620 e. The molecule has 152 valence electrons. The third-order valence-electron chi connectivity index (χ3n) is 7.09. The number of benzene rings is 5. The highest BCUT2D eigenvalue weighted by Gasteiger charge is 2.18. The fourth-order valence-corrected chi connectivity index (χ4v) is 5.41. The number of hydrogen-bond donors (Lipinski definition) is 0. The summed E-state index contributed by atoms with van der Waals surface area (Å²) >= 11 is 0. The Morgan fingerprint density at radius 3 is 1.91 bits per heavy atom. The van der Waals surface area contributed by atoms with Gasteiger partial charge in [0.25, 0.3) is 0 Å². The van der Waals surface area contributed by atoms with Crippen LogP contribution in [0, 0.1) is 0 Å². The highest BCUT2D eigenvalue weighted by molar-refractivity contribution is 6.24. The zero-order valence-corrected chi connectivity index (χ0v) is 18.3. The molecule has 0 fully saturated rings. The molecule has 0 saturated carbocycles. The van der Waals surface area contributed by atoms with Gasteiger partial charge in [-0.05, 0) is 57.6 Å². The van der Waals surface area contributed by atoms with E-state index in [1.807, 2.05) is 0 Å². The Bertz CT molecular complexity index is 1780. The first-order chi connectivity index (χ1) is 15.7. The van der Waals surface area contributed by atoms with Gasteiger partial charge in [-0.1, -0.05) is 86.6 Å². The van der Waals surface area contributed by atoms with Crippen molar-refractivity contribution in [3.8, 4) is 11.1 Å². The smallest absolute Gasteiger partial charge is 0.0620 e. The van der Waals surface area contributed by atoms with Gasteiger partial charge in [-0.3, -0.25) is 0 Å². The Labute approximate surface area is 186 Å². The normalized spacial score (nSPS) is 12.3. The quantitative estimate of drug-likeness (QED) is 0.269. The molecular formula is C31H23N. The van der Waals surface area contributed by atoms with E-state index in [-0.39, 0.29) is 0 Å². The monoisotopic (exact) mass is 409 g/mol. The average molecular weight is 410 g/mol. The summed E-state index contributed by atoms with van der Waals surface area (Å²) in [7, 11) is 0. The lowest BCUT2D eigenvalue weighted by atomic mass is 9.97. The highest BCUT2D eigenvalue weighted by Crippen LogP contribution is 2.41. The first-order valence-corrected chi connectivity index (χ1v) is 11.4. The summed E-state index contributed by atoms with van der Waals surface area (Å²) in [5.74, 6) is 0.553. The fraction of sp³-hybridized carbons (Fsp3) is 0.0968. The minimum Gasteiger partial charge on any atom is -0.308 e. The van der Waals surface area contributed by atoms with Crippen molar-refractivity contribution in [2.24, 2.45) is 0 Å². The van der Waals surface area contributed by atoms with Crippen LogP contribution in [0.1, 0.15) is 25.3 Å². The molecule has 7 rings (SSSR count). The van der Waals surface area contributed by atoms with Crippen molar-refractivity contribution < 1.29 is 0 Å².